The number of rotatable bonds is 47. The van der Waals surface area contributed by atoms with Crippen LogP contribution in [0.3, 0.4) is 0 Å². The van der Waals surface area contributed by atoms with Crippen molar-refractivity contribution in [3.8, 4) is 0 Å². The zero-order chi connectivity index (χ0) is 38.6. The van der Waals surface area contributed by atoms with Crippen LogP contribution < -0.4 is 56.5 Å². The van der Waals surface area contributed by atoms with Crippen LogP contribution in [-0.4, -0.2) is 30.0 Å². The van der Waals surface area contributed by atoms with E-state index in [0.717, 1.165) is 45.2 Å². The largest absolute Gasteiger partial charge is 1.00 e. The van der Waals surface area contributed by atoms with E-state index in [-0.39, 0.29) is 51.4 Å². The molecule has 0 aromatic heterocycles. The molecule has 4 heteroatoms. The van der Waals surface area contributed by atoms with Gasteiger partial charge < -0.3 is 9.90 Å². The maximum absolute atomic E-state index is 12.1. The second-order valence-electron chi connectivity index (χ2n) is 17.4. The second kappa shape index (κ2) is 50.2. The SMILES string of the molecule is CCCCCCCCCCCCCCCCCCCCCCN(CCCCCCCCCCCCCCCCCCCCCC)C(CCCC)C(=O)[O-].[K+]. The maximum atomic E-state index is 12.1. The smallest absolute Gasteiger partial charge is 0.548 e. The van der Waals surface area contributed by atoms with Gasteiger partial charge in [0.05, 0.1) is 5.97 Å². The molecule has 0 spiro atoms. The van der Waals surface area contributed by atoms with Crippen LogP contribution in [0.25, 0.3) is 0 Å². The van der Waals surface area contributed by atoms with Gasteiger partial charge in [-0.1, -0.05) is 278 Å². The second-order valence-corrected chi connectivity index (χ2v) is 17.4. The molecule has 0 amide bonds. The van der Waals surface area contributed by atoms with Crippen LogP contribution in [0.5, 0.6) is 0 Å². The van der Waals surface area contributed by atoms with Gasteiger partial charge in [-0.15, -0.1) is 0 Å². The van der Waals surface area contributed by atoms with Crippen molar-refractivity contribution in [1.82, 2.24) is 4.90 Å². The normalized spacial score (nSPS) is 12.1. The number of unbranched alkanes of at least 4 members (excludes halogenated alkanes) is 39. The van der Waals surface area contributed by atoms with Gasteiger partial charge in [0.15, 0.2) is 0 Å². The van der Waals surface area contributed by atoms with Gasteiger partial charge in [-0.05, 0) is 32.4 Å². The van der Waals surface area contributed by atoms with Crippen LogP contribution in [0.4, 0.5) is 0 Å². The third-order valence-corrected chi connectivity index (χ3v) is 12.1. The summed E-state index contributed by atoms with van der Waals surface area (Å²) in [5.41, 5.74) is 0. The minimum Gasteiger partial charge on any atom is -0.548 e. The summed E-state index contributed by atoms with van der Waals surface area (Å²) in [6, 6.07) is -0.393. The minimum atomic E-state index is -0.847. The molecule has 318 valence electrons. The zero-order valence-electron chi connectivity index (χ0n) is 38.2. The average molecular weight is 786 g/mol. The van der Waals surface area contributed by atoms with Gasteiger partial charge in [0.2, 0.25) is 0 Å². The van der Waals surface area contributed by atoms with Crippen molar-refractivity contribution in [2.45, 2.75) is 303 Å². The van der Waals surface area contributed by atoms with Crippen LogP contribution in [-0.2, 0) is 4.79 Å². The van der Waals surface area contributed by atoms with Gasteiger partial charge in [0, 0.05) is 6.04 Å². The van der Waals surface area contributed by atoms with Crippen molar-refractivity contribution in [1.29, 1.82) is 0 Å². The topological polar surface area (TPSA) is 43.4 Å². The first kappa shape index (κ1) is 57.2. The summed E-state index contributed by atoms with van der Waals surface area (Å²) < 4.78 is 0. The molecule has 1 atom stereocenters. The summed E-state index contributed by atoms with van der Waals surface area (Å²) in [5.74, 6) is -0.847. The molecule has 0 aliphatic carbocycles. The standard InChI is InChI=1S/C50H101NO2.K/c1-4-7-10-12-14-16-18-20-22-24-26-28-30-32-34-36-38-40-42-44-47-51(49(50(52)53)46-9-6-3)48-45-43-41-39-37-35-33-31-29-27-25-23-21-19-17-15-13-11-8-5-2;/h49H,4-48H2,1-3H3,(H,52,53);/q;+1/p-1. The van der Waals surface area contributed by atoms with E-state index in [9.17, 15) is 9.90 Å². The van der Waals surface area contributed by atoms with Crippen LogP contribution in [0, 0.1) is 0 Å². The fraction of sp³-hybridized carbons (Fsp3) is 0.980. The molecule has 0 aliphatic heterocycles. The van der Waals surface area contributed by atoms with E-state index in [4.69, 9.17) is 0 Å². The first-order valence-electron chi connectivity index (χ1n) is 25.1. The van der Waals surface area contributed by atoms with Crippen molar-refractivity contribution in [3.63, 3.8) is 0 Å². The Hall–Kier alpha value is 1.07. The first-order chi connectivity index (χ1) is 26.2. The number of carboxylic acids is 1. The number of aliphatic carboxylic acids is 1. The quantitative estimate of drug-likeness (QED) is 0.0456. The zero-order valence-corrected chi connectivity index (χ0v) is 41.3. The summed E-state index contributed by atoms with van der Waals surface area (Å²) in [6.45, 7) is 8.62. The molecule has 0 saturated heterocycles. The van der Waals surface area contributed by atoms with E-state index in [2.05, 4.69) is 25.7 Å². The fourth-order valence-electron chi connectivity index (χ4n) is 8.41. The molecule has 0 bridgehead atoms. The maximum Gasteiger partial charge on any atom is 1.00 e. The Morgan fingerprint density at radius 3 is 0.704 bits per heavy atom. The monoisotopic (exact) mass is 786 g/mol. The van der Waals surface area contributed by atoms with E-state index in [1.807, 2.05) is 0 Å². The van der Waals surface area contributed by atoms with Crippen molar-refractivity contribution in [2.24, 2.45) is 0 Å². The molecule has 0 rings (SSSR count). The van der Waals surface area contributed by atoms with Gasteiger partial charge >= 0.3 is 51.4 Å². The Labute approximate surface area is 384 Å². The summed E-state index contributed by atoms with van der Waals surface area (Å²) in [4.78, 5) is 14.4. The molecular formula is C50H100KNO2. The number of carbonyl (C=O) groups is 1. The molecule has 0 aromatic rings. The predicted octanol–water partition coefficient (Wildman–Crippen LogP) is 13.2. The molecule has 0 radical (unpaired) electrons. The van der Waals surface area contributed by atoms with Crippen molar-refractivity contribution in [3.05, 3.63) is 0 Å². The average Bonchev–Trinajstić information content (AvgIpc) is 3.16. The third-order valence-electron chi connectivity index (χ3n) is 12.1. The van der Waals surface area contributed by atoms with Crippen molar-refractivity contribution in [2.75, 3.05) is 13.1 Å². The molecule has 54 heavy (non-hydrogen) atoms. The van der Waals surface area contributed by atoms with E-state index in [1.165, 1.54) is 244 Å². The molecule has 0 fully saturated rings. The van der Waals surface area contributed by atoms with Gasteiger partial charge in [0.1, 0.15) is 0 Å². The number of carboxylic acid groups (broad SMARTS) is 1. The molecule has 1 unspecified atom stereocenters. The van der Waals surface area contributed by atoms with E-state index < -0.39 is 12.0 Å². The number of hydrogen-bond donors (Lipinski definition) is 0. The molecule has 0 heterocycles. The van der Waals surface area contributed by atoms with Crippen molar-refractivity contribution >= 4 is 5.97 Å². The Morgan fingerprint density at radius 2 is 0.519 bits per heavy atom. The molecule has 0 aliphatic rings. The van der Waals surface area contributed by atoms with Gasteiger partial charge in [0.25, 0.3) is 0 Å². The Bertz CT molecular complexity index is 644. The van der Waals surface area contributed by atoms with E-state index >= 15 is 0 Å². The molecular weight excluding hydrogens is 686 g/mol. The van der Waals surface area contributed by atoms with E-state index in [1.54, 1.807) is 0 Å². The van der Waals surface area contributed by atoms with Crippen molar-refractivity contribution < 1.29 is 61.3 Å². The Kier molecular flexibility index (Phi) is 53.1. The predicted molar refractivity (Wildman–Crippen MR) is 236 cm³/mol. The minimum absolute atomic E-state index is 0. The van der Waals surface area contributed by atoms with Gasteiger partial charge in [-0.3, -0.25) is 4.90 Å². The Morgan fingerprint density at radius 1 is 0.333 bits per heavy atom. The van der Waals surface area contributed by atoms with E-state index in [0.29, 0.717) is 0 Å². The van der Waals surface area contributed by atoms with Crippen LogP contribution in [0.15, 0.2) is 0 Å². The summed E-state index contributed by atoms with van der Waals surface area (Å²) >= 11 is 0. The Balaban J connectivity index is 0. The van der Waals surface area contributed by atoms with Gasteiger partial charge in [-0.25, -0.2) is 0 Å². The fourth-order valence-corrected chi connectivity index (χ4v) is 8.41. The van der Waals surface area contributed by atoms with Crippen LogP contribution in [0.1, 0.15) is 297 Å². The molecule has 0 saturated carbocycles. The molecule has 0 aromatic carbocycles. The summed E-state index contributed by atoms with van der Waals surface area (Å²) in [7, 11) is 0. The first-order valence-corrected chi connectivity index (χ1v) is 25.1. The summed E-state index contributed by atoms with van der Waals surface area (Å²) in [5, 5.41) is 12.1. The number of hydrogen-bond acceptors (Lipinski definition) is 3. The molecule has 3 nitrogen and oxygen atoms in total. The summed E-state index contributed by atoms with van der Waals surface area (Å²) in [6.07, 6.45) is 58.6. The molecule has 0 N–H and O–H groups in total. The van der Waals surface area contributed by atoms with Crippen LogP contribution in [0.2, 0.25) is 0 Å². The number of carbonyl (C=O) groups excluding carboxylic acids is 1. The van der Waals surface area contributed by atoms with Crippen LogP contribution >= 0.6 is 0 Å². The third kappa shape index (κ3) is 44.2. The van der Waals surface area contributed by atoms with Gasteiger partial charge in [-0.2, -0.15) is 0 Å². The number of nitrogens with zero attached hydrogens (tertiary/aromatic N) is 1.